The Bertz CT molecular complexity index is 240. The van der Waals surface area contributed by atoms with Gasteiger partial charge in [0.15, 0.2) is 0 Å². The third-order valence-corrected chi connectivity index (χ3v) is 5.16. The lowest BCUT2D eigenvalue weighted by Gasteiger charge is -2.40. The predicted molar refractivity (Wildman–Crippen MR) is 79.3 cm³/mol. The monoisotopic (exact) mass is 272 g/mol. The number of hydrogen-bond donors (Lipinski definition) is 1. The van der Waals surface area contributed by atoms with Gasteiger partial charge in [-0.15, -0.1) is 0 Å². The van der Waals surface area contributed by atoms with Crippen LogP contribution in [0.3, 0.4) is 0 Å². The molecule has 0 saturated carbocycles. The highest BCUT2D eigenvalue weighted by molar-refractivity contribution is 8.00. The van der Waals surface area contributed by atoms with E-state index in [0.29, 0.717) is 12.0 Å². The van der Waals surface area contributed by atoms with E-state index in [2.05, 4.69) is 42.7 Å². The summed E-state index contributed by atoms with van der Waals surface area (Å²) < 4.78 is 5.68. The molecule has 3 nitrogen and oxygen atoms in total. The number of nitrogens with zero attached hydrogens (tertiary/aromatic N) is 1. The van der Waals surface area contributed by atoms with E-state index in [-0.39, 0.29) is 0 Å². The van der Waals surface area contributed by atoms with Gasteiger partial charge in [-0.05, 0) is 13.0 Å². The molecule has 0 amide bonds. The summed E-state index contributed by atoms with van der Waals surface area (Å²) in [5.74, 6) is 0.668. The van der Waals surface area contributed by atoms with Gasteiger partial charge in [0.2, 0.25) is 0 Å². The molecule has 0 aliphatic carbocycles. The van der Waals surface area contributed by atoms with Crippen LogP contribution in [0.4, 0.5) is 0 Å². The molecule has 4 unspecified atom stereocenters. The van der Waals surface area contributed by atoms with Gasteiger partial charge in [0.05, 0.1) is 6.61 Å². The van der Waals surface area contributed by atoms with E-state index in [1.54, 1.807) is 0 Å². The minimum atomic E-state index is 0.656. The maximum atomic E-state index is 5.68. The molecule has 106 valence electrons. The minimum absolute atomic E-state index is 0.656. The van der Waals surface area contributed by atoms with Crippen LogP contribution in [-0.2, 0) is 4.74 Å². The second-order valence-corrected chi connectivity index (χ2v) is 7.65. The first-order valence-electron chi connectivity index (χ1n) is 7.38. The first kappa shape index (κ1) is 14.6. The standard InChI is InChI=1S/C14H28N2OS/c1-4-15-14-5-6-17-10-13(14)9-16-7-11(2)18-12(3)8-16/h11-15H,4-10H2,1-3H3. The number of nitrogens with one attached hydrogen (secondary N) is 1. The number of rotatable bonds is 4. The summed E-state index contributed by atoms with van der Waals surface area (Å²) in [5, 5.41) is 5.18. The Hall–Kier alpha value is 0.230. The van der Waals surface area contributed by atoms with E-state index in [4.69, 9.17) is 4.74 Å². The first-order chi connectivity index (χ1) is 8.69. The highest BCUT2D eigenvalue weighted by Gasteiger charge is 2.29. The van der Waals surface area contributed by atoms with Gasteiger partial charge in [0, 0.05) is 48.7 Å². The van der Waals surface area contributed by atoms with Crippen molar-refractivity contribution >= 4 is 11.8 Å². The maximum Gasteiger partial charge on any atom is 0.0521 e. The molecule has 4 atom stereocenters. The van der Waals surface area contributed by atoms with Gasteiger partial charge in [-0.1, -0.05) is 20.8 Å². The lowest BCUT2D eigenvalue weighted by molar-refractivity contribution is 0.0168. The van der Waals surface area contributed by atoms with Crippen molar-refractivity contribution in [1.29, 1.82) is 0 Å². The SMILES string of the molecule is CCNC1CCOCC1CN1CC(C)SC(C)C1. The van der Waals surface area contributed by atoms with E-state index in [1.165, 1.54) is 26.1 Å². The minimum Gasteiger partial charge on any atom is -0.381 e. The van der Waals surface area contributed by atoms with Crippen LogP contribution in [0, 0.1) is 5.92 Å². The van der Waals surface area contributed by atoms with Crippen LogP contribution < -0.4 is 5.32 Å². The maximum absolute atomic E-state index is 5.68. The third kappa shape index (κ3) is 4.12. The van der Waals surface area contributed by atoms with E-state index in [1.807, 2.05) is 0 Å². The summed E-state index contributed by atoms with van der Waals surface area (Å²) in [4.78, 5) is 2.65. The van der Waals surface area contributed by atoms with Crippen molar-refractivity contribution < 1.29 is 4.74 Å². The average molecular weight is 272 g/mol. The molecule has 0 aromatic carbocycles. The molecule has 2 aliphatic rings. The smallest absolute Gasteiger partial charge is 0.0521 e. The second kappa shape index (κ2) is 7.13. The summed E-state index contributed by atoms with van der Waals surface area (Å²) in [6.07, 6.45) is 1.17. The zero-order valence-corrected chi connectivity index (χ0v) is 12.8. The molecular weight excluding hydrogens is 244 g/mol. The van der Waals surface area contributed by atoms with Crippen LogP contribution in [0.2, 0.25) is 0 Å². The number of thioether (sulfide) groups is 1. The van der Waals surface area contributed by atoms with Crippen LogP contribution in [-0.4, -0.2) is 60.8 Å². The largest absolute Gasteiger partial charge is 0.381 e. The molecule has 2 saturated heterocycles. The van der Waals surface area contributed by atoms with Gasteiger partial charge >= 0.3 is 0 Å². The van der Waals surface area contributed by atoms with Gasteiger partial charge in [-0.2, -0.15) is 11.8 Å². The van der Waals surface area contributed by atoms with Crippen LogP contribution in [0.5, 0.6) is 0 Å². The lowest BCUT2D eigenvalue weighted by Crippen LogP contribution is -2.50. The van der Waals surface area contributed by atoms with E-state index < -0.39 is 0 Å². The van der Waals surface area contributed by atoms with Gasteiger partial charge in [-0.25, -0.2) is 0 Å². The molecular formula is C14H28N2OS. The van der Waals surface area contributed by atoms with E-state index >= 15 is 0 Å². The topological polar surface area (TPSA) is 24.5 Å². The molecule has 2 aliphatic heterocycles. The summed E-state index contributed by atoms with van der Waals surface area (Å²) in [6, 6.07) is 0.656. The Balaban J connectivity index is 1.85. The summed E-state index contributed by atoms with van der Waals surface area (Å²) in [7, 11) is 0. The normalized spacial score (nSPS) is 38.8. The predicted octanol–water partition coefficient (Wildman–Crippen LogP) is 1.83. The van der Waals surface area contributed by atoms with Crippen molar-refractivity contribution in [3.05, 3.63) is 0 Å². The average Bonchev–Trinajstić information content (AvgIpc) is 2.30. The number of hydrogen-bond acceptors (Lipinski definition) is 4. The molecule has 4 heteroatoms. The van der Waals surface area contributed by atoms with E-state index in [9.17, 15) is 0 Å². The van der Waals surface area contributed by atoms with Crippen molar-refractivity contribution in [3.63, 3.8) is 0 Å². The zero-order chi connectivity index (χ0) is 13.0. The van der Waals surface area contributed by atoms with Gasteiger partial charge in [-0.3, -0.25) is 0 Å². The summed E-state index contributed by atoms with van der Waals surface area (Å²) >= 11 is 2.13. The Kier molecular flexibility index (Phi) is 5.80. The molecule has 0 aromatic heterocycles. The van der Waals surface area contributed by atoms with Crippen LogP contribution in [0.15, 0.2) is 0 Å². The van der Waals surface area contributed by atoms with Crippen molar-refractivity contribution in [1.82, 2.24) is 10.2 Å². The van der Waals surface area contributed by atoms with Crippen molar-refractivity contribution in [2.24, 2.45) is 5.92 Å². The van der Waals surface area contributed by atoms with Crippen molar-refractivity contribution in [2.45, 2.75) is 43.7 Å². The Morgan fingerprint density at radius 3 is 2.67 bits per heavy atom. The van der Waals surface area contributed by atoms with Crippen LogP contribution >= 0.6 is 11.8 Å². The fraction of sp³-hybridized carbons (Fsp3) is 1.00. The molecule has 2 rings (SSSR count). The molecule has 2 heterocycles. The van der Waals surface area contributed by atoms with Crippen molar-refractivity contribution in [3.8, 4) is 0 Å². The zero-order valence-electron chi connectivity index (χ0n) is 12.0. The van der Waals surface area contributed by atoms with Gasteiger partial charge in [0.1, 0.15) is 0 Å². The molecule has 0 aromatic rings. The van der Waals surface area contributed by atoms with Gasteiger partial charge < -0.3 is 15.0 Å². The Morgan fingerprint density at radius 1 is 1.28 bits per heavy atom. The summed E-state index contributed by atoms with van der Waals surface area (Å²) in [5.41, 5.74) is 0. The Morgan fingerprint density at radius 2 is 2.00 bits per heavy atom. The molecule has 0 spiro atoms. The van der Waals surface area contributed by atoms with Crippen molar-refractivity contribution in [2.75, 3.05) is 39.4 Å². The second-order valence-electron chi connectivity index (χ2n) is 5.76. The molecule has 1 N–H and O–H groups in total. The Labute approximate surface area is 116 Å². The summed E-state index contributed by atoms with van der Waals surface area (Å²) in [6.45, 7) is 13.5. The highest BCUT2D eigenvalue weighted by Crippen LogP contribution is 2.26. The molecule has 2 fully saturated rings. The quantitative estimate of drug-likeness (QED) is 0.844. The molecule has 0 bridgehead atoms. The number of ether oxygens (including phenoxy) is 1. The lowest BCUT2D eigenvalue weighted by atomic mass is 9.95. The first-order valence-corrected chi connectivity index (χ1v) is 8.32. The fourth-order valence-corrected chi connectivity index (χ4v) is 4.66. The highest BCUT2D eigenvalue weighted by atomic mass is 32.2. The third-order valence-electron chi connectivity index (χ3n) is 3.93. The van der Waals surface area contributed by atoms with Crippen LogP contribution in [0.25, 0.3) is 0 Å². The molecule has 0 radical (unpaired) electrons. The van der Waals surface area contributed by atoms with E-state index in [0.717, 1.165) is 30.3 Å². The molecule has 18 heavy (non-hydrogen) atoms. The van der Waals surface area contributed by atoms with Crippen LogP contribution in [0.1, 0.15) is 27.2 Å². The van der Waals surface area contributed by atoms with Gasteiger partial charge in [0.25, 0.3) is 0 Å². The fourth-order valence-electron chi connectivity index (χ4n) is 3.27.